The lowest BCUT2D eigenvalue weighted by molar-refractivity contribution is -0.148. The summed E-state index contributed by atoms with van der Waals surface area (Å²) in [7, 11) is 0. The summed E-state index contributed by atoms with van der Waals surface area (Å²) in [4.78, 5) is 23.8. The van der Waals surface area contributed by atoms with Crippen LogP contribution in [-0.4, -0.2) is 18.0 Å². The molecule has 0 spiro atoms. The third-order valence-corrected chi connectivity index (χ3v) is 3.25. The molecule has 0 heterocycles. The molecule has 1 atom stereocenters. The van der Waals surface area contributed by atoms with Crippen LogP contribution < -0.4 is 5.32 Å². The van der Waals surface area contributed by atoms with Crippen LogP contribution in [0, 0.1) is 17.1 Å². The Balaban J connectivity index is 1.93. The van der Waals surface area contributed by atoms with E-state index < -0.39 is 18.0 Å². The van der Waals surface area contributed by atoms with Crippen LogP contribution in [-0.2, 0) is 14.3 Å². The molecule has 0 aliphatic heterocycles. The molecule has 1 amide bonds. The number of ether oxygens (including phenoxy) is 1. The van der Waals surface area contributed by atoms with Gasteiger partial charge in [0, 0.05) is 6.08 Å². The molecule has 0 aliphatic rings. The first-order chi connectivity index (χ1) is 12.0. The highest BCUT2D eigenvalue weighted by molar-refractivity contribution is 5.97. The average Bonchev–Trinajstić information content (AvgIpc) is 2.61. The number of anilines is 1. The van der Waals surface area contributed by atoms with Crippen LogP contribution in [0.4, 0.5) is 10.1 Å². The maximum Gasteiger partial charge on any atom is 0.331 e. The monoisotopic (exact) mass is 338 g/mol. The lowest BCUT2D eigenvalue weighted by Gasteiger charge is -2.13. The molecule has 2 rings (SSSR count). The Hall–Kier alpha value is -3.46. The number of hydrogen-bond donors (Lipinski definition) is 1. The zero-order chi connectivity index (χ0) is 18.2. The van der Waals surface area contributed by atoms with Crippen molar-refractivity contribution in [2.45, 2.75) is 13.0 Å². The Kier molecular flexibility index (Phi) is 6.02. The van der Waals surface area contributed by atoms with Gasteiger partial charge in [0.25, 0.3) is 5.91 Å². The first-order valence-corrected chi connectivity index (χ1v) is 7.44. The largest absolute Gasteiger partial charge is 0.449 e. The van der Waals surface area contributed by atoms with E-state index in [1.165, 1.54) is 37.3 Å². The summed E-state index contributed by atoms with van der Waals surface area (Å²) in [5.41, 5.74) is 1.28. The molecular weight excluding hydrogens is 323 g/mol. The molecule has 0 aromatic heterocycles. The highest BCUT2D eigenvalue weighted by Gasteiger charge is 2.17. The molecule has 0 saturated carbocycles. The summed E-state index contributed by atoms with van der Waals surface area (Å²) in [5, 5.41) is 11.5. The number of para-hydroxylation sites is 1. The van der Waals surface area contributed by atoms with Crippen LogP contribution >= 0.6 is 0 Å². The van der Waals surface area contributed by atoms with Gasteiger partial charge in [-0.25, -0.2) is 9.18 Å². The number of nitrogens with zero attached hydrogens (tertiary/aromatic N) is 1. The zero-order valence-electron chi connectivity index (χ0n) is 13.4. The normalized spacial score (nSPS) is 11.6. The van der Waals surface area contributed by atoms with Crippen LogP contribution in [0.25, 0.3) is 6.08 Å². The van der Waals surface area contributed by atoms with Gasteiger partial charge in [-0.05, 0) is 42.8 Å². The van der Waals surface area contributed by atoms with Crippen molar-refractivity contribution in [3.8, 4) is 6.07 Å². The first kappa shape index (κ1) is 17.9. The van der Waals surface area contributed by atoms with E-state index >= 15 is 0 Å². The Morgan fingerprint density at radius 1 is 1.20 bits per heavy atom. The van der Waals surface area contributed by atoms with Crippen molar-refractivity contribution in [3.63, 3.8) is 0 Å². The summed E-state index contributed by atoms with van der Waals surface area (Å²) < 4.78 is 17.8. The van der Waals surface area contributed by atoms with Crippen molar-refractivity contribution < 1.29 is 18.7 Å². The number of benzene rings is 2. The Morgan fingerprint density at radius 2 is 1.88 bits per heavy atom. The lowest BCUT2D eigenvalue weighted by Crippen LogP contribution is -2.29. The number of nitrogens with one attached hydrogen (secondary N) is 1. The number of carbonyl (C=O) groups excluding carboxylic acids is 2. The van der Waals surface area contributed by atoms with Crippen LogP contribution in [0.15, 0.2) is 54.6 Å². The predicted molar refractivity (Wildman–Crippen MR) is 90.8 cm³/mol. The summed E-state index contributed by atoms with van der Waals surface area (Å²) in [6.07, 6.45) is 1.56. The Bertz CT molecular complexity index is 838. The third kappa shape index (κ3) is 5.29. The summed E-state index contributed by atoms with van der Waals surface area (Å²) in [5.74, 6) is -1.63. The molecule has 1 N–H and O–H groups in total. The van der Waals surface area contributed by atoms with Crippen molar-refractivity contribution in [1.82, 2.24) is 0 Å². The van der Waals surface area contributed by atoms with E-state index in [9.17, 15) is 14.0 Å². The summed E-state index contributed by atoms with van der Waals surface area (Å²) in [6, 6.07) is 14.0. The van der Waals surface area contributed by atoms with Crippen molar-refractivity contribution in [2.75, 3.05) is 5.32 Å². The zero-order valence-corrected chi connectivity index (χ0v) is 13.4. The van der Waals surface area contributed by atoms with E-state index in [4.69, 9.17) is 10.00 Å². The van der Waals surface area contributed by atoms with Gasteiger partial charge in [-0.2, -0.15) is 5.26 Å². The van der Waals surface area contributed by atoms with Crippen LogP contribution in [0.5, 0.6) is 0 Å². The van der Waals surface area contributed by atoms with Gasteiger partial charge in [-0.3, -0.25) is 4.79 Å². The second-order valence-electron chi connectivity index (χ2n) is 5.11. The topological polar surface area (TPSA) is 79.2 Å². The second kappa shape index (κ2) is 8.41. The molecule has 6 heteroatoms. The molecule has 0 fully saturated rings. The van der Waals surface area contributed by atoms with E-state index in [0.29, 0.717) is 16.8 Å². The van der Waals surface area contributed by atoms with Gasteiger partial charge in [0.15, 0.2) is 6.10 Å². The second-order valence-corrected chi connectivity index (χ2v) is 5.11. The number of esters is 1. The Morgan fingerprint density at radius 3 is 2.56 bits per heavy atom. The van der Waals surface area contributed by atoms with Gasteiger partial charge in [-0.1, -0.05) is 24.3 Å². The lowest BCUT2D eigenvalue weighted by atomic mass is 10.2. The standard InChI is InChI=1S/C19H15FN2O3/c1-13(19(24)22-17-5-3-2-4-15(17)12-21)25-18(23)11-8-14-6-9-16(20)10-7-14/h2-11,13H,1H3,(H,22,24)/b11-8+/t13-/m1/s1. The van der Waals surface area contributed by atoms with Gasteiger partial charge in [0.05, 0.1) is 11.3 Å². The van der Waals surface area contributed by atoms with Gasteiger partial charge in [0.2, 0.25) is 0 Å². The van der Waals surface area contributed by atoms with Crippen LogP contribution in [0.1, 0.15) is 18.1 Å². The van der Waals surface area contributed by atoms with Gasteiger partial charge >= 0.3 is 5.97 Å². The maximum atomic E-state index is 12.8. The van der Waals surface area contributed by atoms with Crippen molar-refractivity contribution in [3.05, 3.63) is 71.6 Å². The SMILES string of the molecule is C[C@@H](OC(=O)/C=C/c1ccc(F)cc1)C(=O)Nc1ccccc1C#N. The molecule has 0 aliphatic carbocycles. The number of hydrogen-bond acceptors (Lipinski definition) is 4. The van der Waals surface area contributed by atoms with Gasteiger partial charge in [-0.15, -0.1) is 0 Å². The van der Waals surface area contributed by atoms with E-state index in [0.717, 1.165) is 6.08 Å². The van der Waals surface area contributed by atoms with Gasteiger partial charge in [0.1, 0.15) is 11.9 Å². The predicted octanol–water partition coefficient (Wildman–Crippen LogP) is 3.28. The van der Waals surface area contributed by atoms with E-state index in [1.54, 1.807) is 24.3 Å². The quantitative estimate of drug-likeness (QED) is 0.670. The molecule has 2 aromatic rings. The van der Waals surface area contributed by atoms with E-state index in [2.05, 4.69) is 5.32 Å². The van der Waals surface area contributed by atoms with E-state index in [1.807, 2.05) is 6.07 Å². The molecule has 0 bridgehead atoms. The molecule has 126 valence electrons. The molecule has 0 saturated heterocycles. The number of halogens is 1. The van der Waals surface area contributed by atoms with Crippen LogP contribution in [0.2, 0.25) is 0 Å². The third-order valence-electron chi connectivity index (χ3n) is 3.25. The minimum atomic E-state index is -1.04. The molecule has 0 unspecified atom stereocenters. The molecular formula is C19H15FN2O3. The number of rotatable bonds is 5. The van der Waals surface area contributed by atoms with Crippen molar-refractivity contribution in [1.29, 1.82) is 5.26 Å². The van der Waals surface area contributed by atoms with E-state index in [-0.39, 0.29) is 5.82 Å². The average molecular weight is 338 g/mol. The fraction of sp³-hybridized carbons (Fsp3) is 0.105. The Labute approximate surface area is 144 Å². The molecule has 2 aromatic carbocycles. The first-order valence-electron chi connectivity index (χ1n) is 7.44. The minimum absolute atomic E-state index is 0.311. The molecule has 0 radical (unpaired) electrons. The fourth-order valence-electron chi connectivity index (χ4n) is 1.93. The maximum absolute atomic E-state index is 12.8. The fourth-order valence-corrected chi connectivity index (χ4v) is 1.93. The molecule has 25 heavy (non-hydrogen) atoms. The molecule has 5 nitrogen and oxygen atoms in total. The van der Waals surface area contributed by atoms with Gasteiger partial charge < -0.3 is 10.1 Å². The van der Waals surface area contributed by atoms with Crippen molar-refractivity contribution >= 4 is 23.6 Å². The number of carbonyl (C=O) groups is 2. The smallest absolute Gasteiger partial charge is 0.331 e. The minimum Gasteiger partial charge on any atom is -0.449 e. The highest BCUT2D eigenvalue weighted by atomic mass is 19.1. The number of nitriles is 1. The number of amides is 1. The summed E-state index contributed by atoms with van der Waals surface area (Å²) >= 11 is 0. The highest BCUT2D eigenvalue weighted by Crippen LogP contribution is 2.14. The van der Waals surface area contributed by atoms with Crippen LogP contribution in [0.3, 0.4) is 0 Å². The van der Waals surface area contributed by atoms with Crippen molar-refractivity contribution in [2.24, 2.45) is 0 Å². The summed E-state index contributed by atoms with van der Waals surface area (Å²) in [6.45, 7) is 1.42.